The normalized spacial score (nSPS) is 11.9. The Kier molecular flexibility index (Phi) is 5.68. The highest BCUT2D eigenvalue weighted by molar-refractivity contribution is 7.98. The number of amides is 2. The maximum atomic E-state index is 11.7. The molecule has 19 heavy (non-hydrogen) atoms. The zero-order valence-corrected chi connectivity index (χ0v) is 12.0. The average Bonchev–Trinajstić information content (AvgIpc) is 2.63. The van der Waals surface area contributed by atoms with Crippen LogP contribution in [0.15, 0.2) is 6.07 Å². The van der Waals surface area contributed by atoms with Crippen LogP contribution in [-0.4, -0.2) is 44.9 Å². The molecule has 3 N–H and O–H groups in total. The van der Waals surface area contributed by atoms with E-state index < -0.39 is 18.0 Å². The number of thioether (sulfide) groups is 1. The third kappa shape index (κ3) is 4.82. The summed E-state index contributed by atoms with van der Waals surface area (Å²) in [6.45, 7) is 1.86. The Morgan fingerprint density at radius 1 is 1.58 bits per heavy atom. The number of aliphatic carboxylic acids is 1. The van der Waals surface area contributed by atoms with Crippen molar-refractivity contribution in [2.75, 3.05) is 17.3 Å². The summed E-state index contributed by atoms with van der Waals surface area (Å²) in [5, 5.41) is 18.0. The molecule has 0 aliphatic heterocycles. The molecule has 0 saturated heterocycles. The van der Waals surface area contributed by atoms with Crippen LogP contribution >= 0.6 is 11.8 Å². The fraction of sp³-hybridized carbons (Fsp3) is 0.545. The predicted octanol–water partition coefficient (Wildman–Crippen LogP) is 1.06. The van der Waals surface area contributed by atoms with Gasteiger partial charge in [-0.3, -0.25) is 10.00 Å². The average molecular weight is 286 g/mol. The molecule has 0 spiro atoms. The summed E-state index contributed by atoms with van der Waals surface area (Å²) in [6.07, 6.45) is 2.26. The van der Waals surface area contributed by atoms with Crippen molar-refractivity contribution in [3.8, 4) is 0 Å². The van der Waals surface area contributed by atoms with E-state index in [9.17, 15) is 9.59 Å². The third-order valence-corrected chi connectivity index (χ3v) is 3.21. The number of nitrogens with zero attached hydrogens (tertiary/aromatic N) is 2. The van der Waals surface area contributed by atoms with Crippen LogP contribution in [-0.2, 0) is 11.8 Å². The predicted molar refractivity (Wildman–Crippen MR) is 74.5 cm³/mol. The Balaban J connectivity index is 2.54. The minimum Gasteiger partial charge on any atom is -0.480 e. The van der Waals surface area contributed by atoms with Crippen LogP contribution in [0.25, 0.3) is 0 Å². The lowest BCUT2D eigenvalue weighted by Gasteiger charge is -2.13. The number of hydrogen-bond acceptors (Lipinski definition) is 4. The quantitative estimate of drug-likeness (QED) is 0.726. The summed E-state index contributed by atoms with van der Waals surface area (Å²) in [5.41, 5.74) is 0.896. The molecular formula is C11H18N4O3S. The summed E-state index contributed by atoms with van der Waals surface area (Å²) in [6, 6.07) is 0.251. The van der Waals surface area contributed by atoms with Crippen LogP contribution in [0.3, 0.4) is 0 Å². The molecule has 7 nitrogen and oxygen atoms in total. The summed E-state index contributed by atoms with van der Waals surface area (Å²) < 4.78 is 1.62. The first-order chi connectivity index (χ1) is 8.93. The zero-order chi connectivity index (χ0) is 14.4. The molecule has 8 heteroatoms. The summed E-state index contributed by atoms with van der Waals surface area (Å²) in [4.78, 5) is 22.6. The van der Waals surface area contributed by atoms with Gasteiger partial charge >= 0.3 is 12.0 Å². The van der Waals surface area contributed by atoms with E-state index in [1.54, 1.807) is 17.8 Å². The molecule has 0 bridgehead atoms. The van der Waals surface area contributed by atoms with E-state index in [-0.39, 0.29) is 0 Å². The van der Waals surface area contributed by atoms with Crippen molar-refractivity contribution in [1.29, 1.82) is 0 Å². The van der Waals surface area contributed by atoms with Gasteiger partial charge in [0.1, 0.15) is 6.04 Å². The molecule has 0 radical (unpaired) electrons. The standard InChI is InChI=1S/C11H18N4O3S/c1-7-6-9(14-15(7)2)13-11(18)12-8(10(16)17)4-5-19-3/h6,8H,4-5H2,1-3H3,(H,16,17)(H2,12,13,14,18). The molecule has 1 rings (SSSR count). The third-order valence-electron chi connectivity index (χ3n) is 2.57. The Bertz CT molecular complexity index is 441. The van der Waals surface area contributed by atoms with Crippen molar-refractivity contribution in [2.45, 2.75) is 19.4 Å². The van der Waals surface area contributed by atoms with Gasteiger partial charge in [0.15, 0.2) is 5.82 Å². The number of aryl methyl sites for hydroxylation is 2. The monoisotopic (exact) mass is 286 g/mol. The Morgan fingerprint density at radius 3 is 2.74 bits per heavy atom. The van der Waals surface area contributed by atoms with Gasteiger partial charge in [0.05, 0.1) is 0 Å². The van der Waals surface area contributed by atoms with Gasteiger partial charge in [-0.25, -0.2) is 9.59 Å². The number of carboxylic acids is 1. The molecule has 1 atom stereocenters. The molecule has 1 unspecified atom stereocenters. The highest BCUT2D eigenvalue weighted by Gasteiger charge is 2.19. The number of hydrogen-bond donors (Lipinski definition) is 3. The minimum atomic E-state index is -1.04. The Hall–Kier alpha value is -1.70. The maximum Gasteiger partial charge on any atom is 0.326 e. The lowest BCUT2D eigenvalue weighted by atomic mass is 10.2. The minimum absolute atomic E-state index is 0.380. The van der Waals surface area contributed by atoms with Crippen molar-refractivity contribution in [1.82, 2.24) is 15.1 Å². The number of aromatic nitrogens is 2. The van der Waals surface area contributed by atoms with Crippen LogP contribution in [0.5, 0.6) is 0 Å². The lowest BCUT2D eigenvalue weighted by Crippen LogP contribution is -2.43. The maximum absolute atomic E-state index is 11.7. The smallest absolute Gasteiger partial charge is 0.326 e. The summed E-state index contributed by atoms with van der Waals surface area (Å²) >= 11 is 1.53. The van der Waals surface area contributed by atoms with Gasteiger partial charge in [-0.05, 0) is 25.4 Å². The molecule has 0 aliphatic carbocycles. The fourth-order valence-electron chi connectivity index (χ4n) is 1.43. The van der Waals surface area contributed by atoms with Crippen LogP contribution in [0.2, 0.25) is 0 Å². The molecule has 106 valence electrons. The van der Waals surface area contributed by atoms with Crippen molar-refractivity contribution in [2.24, 2.45) is 7.05 Å². The van der Waals surface area contributed by atoms with Gasteiger partial charge < -0.3 is 10.4 Å². The highest BCUT2D eigenvalue weighted by atomic mass is 32.2. The van der Waals surface area contributed by atoms with Gasteiger partial charge in [0, 0.05) is 18.8 Å². The highest BCUT2D eigenvalue weighted by Crippen LogP contribution is 2.07. The van der Waals surface area contributed by atoms with Gasteiger partial charge in [-0.1, -0.05) is 0 Å². The molecule has 0 saturated carbocycles. The van der Waals surface area contributed by atoms with E-state index in [4.69, 9.17) is 5.11 Å². The number of urea groups is 1. The van der Waals surface area contributed by atoms with E-state index in [0.717, 1.165) is 5.69 Å². The molecule has 2 amide bonds. The first kappa shape index (κ1) is 15.4. The van der Waals surface area contributed by atoms with Crippen LogP contribution in [0.4, 0.5) is 10.6 Å². The number of carbonyl (C=O) groups excluding carboxylic acids is 1. The molecular weight excluding hydrogens is 268 g/mol. The van der Waals surface area contributed by atoms with E-state index in [2.05, 4.69) is 15.7 Å². The lowest BCUT2D eigenvalue weighted by molar-refractivity contribution is -0.139. The van der Waals surface area contributed by atoms with Gasteiger partial charge in [-0.2, -0.15) is 16.9 Å². The van der Waals surface area contributed by atoms with Gasteiger partial charge in [0.2, 0.25) is 0 Å². The summed E-state index contributed by atoms with van der Waals surface area (Å²) in [5.74, 6) is 0.0212. The SMILES string of the molecule is CSCCC(NC(=O)Nc1cc(C)n(C)n1)C(=O)O. The largest absolute Gasteiger partial charge is 0.480 e. The van der Waals surface area contributed by atoms with E-state index in [1.165, 1.54) is 11.8 Å². The number of rotatable bonds is 6. The number of nitrogens with one attached hydrogen (secondary N) is 2. The second-order valence-corrected chi connectivity index (χ2v) is 5.05. The van der Waals surface area contributed by atoms with E-state index >= 15 is 0 Å². The number of carbonyl (C=O) groups is 2. The molecule has 1 aromatic heterocycles. The fourth-order valence-corrected chi connectivity index (χ4v) is 1.90. The van der Waals surface area contributed by atoms with Crippen LogP contribution in [0, 0.1) is 6.92 Å². The zero-order valence-electron chi connectivity index (χ0n) is 11.1. The van der Waals surface area contributed by atoms with Crippen molar-refractivity contribution in [3.05, 3.63) is 11.8 Å². The second-order valence-electron chi connectivity index (χ2n) is 4.07. The van der Waals surface area contributed by atoms with Crippen molar-refractivity contribution < 1.29 is 14.7 Å². The number of anilines is 1. The van der Waals surface area contributed by atoms with Crippen LogP contribution in [0.1, 0.15) is 12.1 Å². The van der Waals surface area contributed by atoms with E-state index in [1.807, 2.05) is 13.2 Å². The van der Waals surface area contributed by atoms with Crippen LogP contribution < -0.4 is 10.6 Å². The Labute approximate surface area is 115 Å². The topological polar surface area (TPSA) is 96.3 Å². The van der Waals surface area contributed by atoms with Crippen molar-refractivity contribution >= 4 is 29.6 Å². The molecule has 0 aromatic carbocycles. The molecule has 0 aliphatic rings. The summed E-state index contributed by atoms with van der Waals surface area (Å²) in [7, 11) is 1.76. The molecule has 1 aromatic rings. The van der Waals surface area contributed by atoms with E-state index in [0.29, 0.717) is 18.0 Å². The van der Waals surface area contributed by atoms with Crippen molar-refractivity contribution in [3.63, 3.8) is 0 Å². The molecule has 0 fully saturated rings. The Morgan fingerprint density at radius 2 is 2.26 bits per heavy atom. The van der Waals surface area contributed by atoms with Gasteiger partial charge in [-0.15, -0.1) is 0 Å². The molecule has 1 heterocycles. The first-order valence-electron chi connectivity index (χ1n) is 5.74. The second kappa shape index (κ2) is 7.03. The number of carboxylic acid groups (broad SMARTS) is 1. The first-order valence-corrected chi connectivity index (χ1v) is 7.13. The van der Waals surface area contributed by atoms with Gasteiger partial charge in [0.25, 0.3) is 0 Å².